The van der Waals surface area contributed by atoms with Crippen molar-refractivity contribution in [3.8, 4) is 0 Å². The SMILES string of the molecule is CCNC(=NCc1ccc(C)cc1)NCC(O)Cc1ccccc1. The van der Waals surface area contributed by atoms with Crippen LogP contribution >= 0.6 is 0 Å². The minimum Gasteiger partial charge on any atom is -0.391 e. The molecule has 1 unspecified atom stereocenters. The van der Waals surface area contributed by atoms with Crippen LogP contribution < -0.4 is 10.6 Å². The van der Waals surface area contributed by atoms with E-state index in [0.717, 1.165) is 18.1 Å². The van der Waals surface area contributed by atoms with Gasteiger partial charge in [0.15, 0.2) is 5.96 Å². The third-order valence-corrected chi connectivity index (χ3v) is 3.70. The molecule has 0 aliphatic rings. The Labute approximate surface area is 144 Å². The van der Waals surface area contributed by atoms with Crippen molar-refractivity contribution in [3.05, 3.63) is 71.3 Å². The number of nitrogens with zero attached hydrogens (tertiary/aromatic N) is 1. The van der Waals surface area contributed by atoms with Crippen LogP contribution in [0.1, 0.15) is 23.6 Å². The first kappa shape index (κ1) is 18.0. The fourth-order valence-corrected chi connectivity index (χ4v) is 2.38. The molecule has 4 nitrogen and oxygen atoms in total. The lowest BCUT2D eigenvalue weighted by molar-refractivity contribution is 0.177. The molecule has 0 aliphatic carbocycles. The Morgan fingerprint density at radius 1 is 1.00 bits per heavy atom. The number of aliphatic hydroxyl groups excluding tert-OH is 1. The summed E-state index contributed by atoms with van der Waals surface area (Å²) in [7, 11) is 0. The molecule has 0 saturated heterocycles. The molecule has 2 aromatic rings. The normalized spacial score (nSPS) is 12.7. The quantitative estimate of drug-likeness (QED) is 0.542. The third-order valence-electron chi connectivity index (χ3n) is 3.70. The highest BCUT2D eigenvalue weighted by Gasteiger charge is 2.06. The van der Waals surface area contributed by atoms with Gasteiger partial charge in [-0.2, -0.15) is 0 Å². The fraction of sp³-hybridized carbons (Fsp3) is 0.350. The van der Waals surface area contributed by atoms with Crippen LogP contribution in [0.4, 0.5) is 0 Å². The number of hydrogen-bond acceptors (Lipinski definition) is 2. The van der Waals surface area contributed by atoms with Gasteiger partial charge in [0.2, 0.25) is 0 Å². The van der Waals surface area contributed by atoms with Crippen LogP contribution in [0.2, 0.25) is 0 Å². The molecule has 24 heavy (non-hydrogen) atoms. The minimum absolute atomic E-state index is 0.448. The largest absolute Gasteiger partial charge is 0.391 e. The van der Waals surface area contributed by atoms with Crippen LogP contribution in [0.3, 0.4) is 0 Å². The maximum Gasteiger partial charge on any atom is 0.191 e. The number of hydrogen-bond donors (Lipinski definition) is 3. The van der Waals surface area contributed by atoms with E-state index >= 15 is 0 Å². The predicted molar refractivity (Wildman–Crippen MR) is 100 cm³/mol. The van der Waals surface area contributed by atoms with E-state index in [2.05, 4.69) is 46.8 Å². The summed E-state index contributed by atoms with van der Waals surface area (Å²) in [5.74, 6) is 0.727. The van der Waals surface area contributed by atoms with Gasteiger partial charge >= 0.3 is 0 Å². The maximum atomic E-state index is 10.2. The molecule has 128 valence electrons. The number of rotatable bonds is 7. The first-order valence-electron chi connectivity index (χ1n) is 8.47. The molecule has 0 saturated carbocycles. The van der Waals surface area contributed by atoms with Crippen molar-refractivity contribution in [1.82, 2.24) is 10.6 Å². The second kappa shape index (κ2) is 9.73. The average Bonchev–Trinajstić information content (AvgIpc) is 2.59. The Morgan fingerprint density at radius 2 is 1.71 bits per heavy atom. The standard InChI is InChI=1S/C20H27N3O/c1-3-21-20(22-14-18-11-9-16(2)10-12-18)23-15-19(24)13-17-7-5-4-6-8-17/h4-12,19,24H,3,13-15H2,1-2H3,(H2,21,22,23). The smallest absolute Gasteiger partial charge is 0.191 e. The number of benzene rings is 2. The molecular weight excluding hydrogens is 298 g/mol. The molecule has 0 spiro atoms. The molecule has 3 N–H and O–H groups in total. The molecule has 0 aromatic heterocycles. The number of aryl methyl sites for hydroxylation is 1. The van der Waals surface area contributed by atoms with Gasteiger partial charge in [0.05, 0.1) is 12.6 Å². The van der Waals surface area contributed by atoms with Crippen LogP contribution in [0.15, 0.2) is 59.6 Å². The van der Waals surface area contributed by atoms with Gasteiger partial charge in [-0.05, 0) is 25.0 Å². The molecule has 0 fully saturated rings. The zero-order valence-corrected chi connectivity index (χ0v) is 14.5. The highest BCUT2D eigenvalue weighted by molar-refractivity contribution is 5.79. The molecule has 0 aliphatic heterocycles. The number of aliphatic imine (C=N–C) groups is 1. The molecular formula is C20H27N3O. The van der Waals surface area contributed by atoms with Gasteiger partial charge in [0.1, 0.15) is 0 Å². The maximum absolute atomic E-state index is 10.2. The monoisotopic (exact) mass is 325 g/mol. The fourth-order valence-electron chi connectivity index (χ4n) is 2.38. The topological polar surface area (TPSA) is 56.7 Å². The molecule has 2 rings (SSSR count). The number of aliphatic hydroxyl groups is 1. The summed E-state index contributed by atoms with van der Waals surface area (Å²) in [5, 5.41) is 16.6. The third kappa shape index (κ3) is 6.42. The summed E-state index contributed by atoms with van der Waals surface area (Å²) in [5.41, 5.74) is 3.55. The summed E-state index contributed by atoms with van der Waals surface area (Å²) in [6.07, 6.45) is 0.182. The summed E-state index contributed by atoms with van der Waals surface area (Å²) < 4.78 is 0. The van der Waals surface area contributed by atoms with Crippen LogP contribution in [-0.2, 0) is 13.0 Å². The van der Waals surface area contributed by atoms with Crippen molar-refractivity contribution in [2.24, 2.45) is 4.99 Å². The van der Waals surface area contributed by atoms with Gasteiger partial charge in [-0.1, -0.05) is 60.2 Å². The van der Waals surface area contributed by atoms with Crippen LogP contribution in [0.25, 0.3) is 0 Å². The first-order valence-corrected chi connectivity index (χ1v) is 8.47. The number of guanidine groups is 1. The van der Waals surface area contributed by atoms with E-state index in [1.165, 1.54) is 11.1 Å². The summed E-state index contributed by atoms with van der Waals surface area (Å²) >= 11 is 0. The molecule has 0 heterocycles. The van der Waals surface area contributed by atoms with Gasteiger partial charge in [0.25, 0.3) is 0 Å². The van der Waals surface area contributed by atoms with E-state index in [0.29, 0.717) is 19.5 Å². The van der Waals surface area contributed by atoms with Crippen LogP contribution in [-0.4, -0.2) is 30.3 Å². The van der Waals surface area contributed by atoms with Crippen LogP contribution in [0.5, 0.6) is 0 Å². The lowest BCUT2D eigenvalue weighted by atomic mass is 10.1. The molecule has 0 amide bonds. The molecule has 0 bridgehead atoms. The van der Waals surface area contributed by atoms with Crippen LogP contribution in [0, 0.1) is 6.92 Å². The lowest BCUT2D eigenvalue weighted by Crippen LogP contribution is -2.41. The molecule has 4 heteroatoms. The van der Waals surface area contributed by atoms with Crippen molar-refractivity contribution in [1.29, 1.82) is 0 Å². The molecule has 0 radical (unpaired) electrons. The van der Waals surface area contributed by atoms with Crippen molar-refractivity contribution in [2.45, 2.75) is 32.9 Å². The second-order valence-corrected chi connectivity index (χ2v) is 5.91. The Bertz CT molecular complexity index is 623. The van der Waals surface area contributed by atoms with Crippen molar-refractivity contribution in [2.75, 3.05) is 13.1 Å². The predicted octanol–water partition coefficient (Wildman–Crippen LogP) is 2.65. The number of nitrogens with one attached hydrogen (secondary N) is 2. The minimum atomic E-state index is -0.448. The van der Waals surface area contributed by atoms with Gasteiger partial charge < -0.3 is 15.7 Å². The Kier molecular flexibility index (Phi) is 7.30. The highest BCUT2D eigenvalue weighted by atomic mass is 16.3. The Balaban J connectivity index is 1.85. The lowest BCUT2D eigenvalue weighted by Gasteiger charge is -2.15. The first-order chi connectivity index (χ1) is 11.7. The van der Waals surface area contributed by atoms with Gasteiger partial charge in [0, 0.05) is 19.5 Å². The van der Waals surface area contributed by atoms with E-state index in [1.54, 1.807) is 0 Å². The Morgan fingerprint density at radius 3 is 2.38 bits per heavy atom. The Hall–Kier alpha value is -2.33. The molecule has 1 atom stereocenters. The van der Waals surface area contributed by atoms with E-state index in [1.807, 2.05) is 37.3 Å². The second-order valence-electron chi connectivity index (χ2n) is 5.91. The zero-order chi connectivity index (χ0) is 17.2. The molecule has 2 aromatic carbocycles. The van der Waals surface area contributed by atoms with Crippen molar-refractivity contribution < 1.29 is 5.11 Å². The summed E-state index contributed by atoms with van der Waals surface area (Å²) in [4.78, 5) is 4.58. The van der Waals surface area contributed by atoms with E-state index in [4.69, 9.17) is 0 Å². The summed E-state index contributed by atoms with van der Waals surface area (Å²) in [6.45, 7) is 5.98. The van der Waals surface area contributed by atoms with E-state index in [-0.39, 0.29) is 0 Å². The van der Waals surface area contributed by atoms with Gasteiger partial charge in [-0.25, -0.2) is 4.99 Å². The summed E-state index contributed by atoms with van der Waals surface area (Å²) in [6, 6.07) is 18.4. The van der Waals surface area contributed by atoms with E-state index in [9.17, 15) is 5.11 Å². The average molecular weight is 325 g/mol. The zero-order valence-electron chi connectivity index (χ0n) is 14.5. The van der Waals surface area contributed by atoms with Gasteiger partial charge in [-0.3, -0.25) is 0 Å². The van der Waals surface area contributed by atoms with Crippen molar-refractivity contribution in [3.63, 3.8) is 0 Å². The van der Waals surface area contributed by atoms with E-state index < -0.39 is 6.10 Å². The highest BCUT2D eigenvalue weighted by Crippen LogP contribution is 2.05. The van der Waals surface area contributed by atoms with Gasteiger partial charge in [-0.15, -0.1) is 0 Å². The van der Waals surface area contributed by atoms with Crippen molar-refractivity contribution >= 4 is 5.96 Å².